The molecule has 2 aromatic heterocycles. The summed E-state index contributed by atoms with van der Waals surface area (Å²) in [7, 11) is 7.91. The smallest absolute Gasteiger partial charge is 0.315 e. The highest BCUT2D eigenvalue weighted by atomic mass is 32.1. The predicted molar refractivity (Wildman–Crippen MR) is 99.5 cm³/mol. The minimum absolute atomic E-state index is 0.173. The molecular weight excluding hydrogens is 322 g/mol. The normalized spacial score (nSPS) is 12.0. The first-order chi connectivity index (χ1) is 11.5. The molecule has 6 nitrogen and oxygen atoms in total. The highest BCUT2D eigenvalue weighted by Crippen LogP contribution is 2.22. The van der Waals surface area contributed by atoms with Crippen LogP contribution in [0.25, 0.3) is 0 Å². The van der Waals surface area contributed by atoms with Gasteiger partial charge >= 0.3 is 6.03 Å². The number of likely N-dealkylation sites (N-methyl/N-ethyl adjacent to an activating group) is 1. The molecule has 2 rings (SSSR count). The van der Waals surface area contributed by atoms with Crippen molar-refractivity contribution in [1.29, 1.82) is 0 Å². The van der Waals surface area contributed by atoms with Crippen LogP contribution in [0.4, 0.5) is 10.6 Å². The number of thiophene rings is 1. The molecule has 2 heterocycles. The van der Waals surface area contributed by atoms with Crippen LogP contribution in [-0.2, 0) is 6.54 Å². The van der Waals surface area contributed by atoms with Crippen molar-refractivity contribution in [2.24, 2.45) is 0 Å². The zero-order chi connectivity index (χ0) is 17.5. The lowest BCUT2D eigenvalue weighted by atomic mass is 10.2. The van der Waals surface area contributed by atoms with Gasteiger partial charge in [0.05, 0.1) is 6.04 Å². The van der Waals surface area contributed by atoms with Gasteiger partial charge in [-0.1, -0.05) is 12.1 Å². The largest absolute Gasteiger partial charge is 0.362 e. The van der Waals surface area contributed by atoms with Gasteiger partial charge in [-0.2, -0.15) is 0 Å². The van der Waals surface area contributed by atoms with E-state index in [0.29, 0.717) is 13.1 Å². The Balaban J connectivity index is 1.87. The first-order valence-electron chi connectivity index (χ1n) is 7.81. The SMILES string of the molecule is CN(C)c1ncccc1CNC(=O)NCC(c1cccs1)N(C)C. The minimum Gasteiger partial charge on any atom is -0.362 e. The van der Waals surface area contributed by atoms with Crippen molar-refractivity contribution in [2.75, 3.05) is 39.6 Å². The van der Waals surface area contributed by atoms with E-state index in [0.717, 1.165) is 11.4 Å². The number of pyridine rings is 1. The number of aromatic nitrogens is 1. The Bertz CT molecular complexity index is 642. The second kappa shape index (κ2) is 8.65. The van der Waals surface area contributed by atoms with Crippen molar-refractivity contribution < 1.29 is 4.79 Å². The van der Waals surface area contributed by atoms with Crippen LogP contribution in [-0.4, -0.2) is 50.7 Å². The number of urea groups is 1. The maximum Gasteiger partial charge on any atom is 0.315 e. The quantitative estimate of drug-likeness (QED) is 0.807. The van der Waals surface area contributed by atoms with E-state index in [-0.39, 0.29) is 12.1 Å². The number of carbonyl (C=O) groups is 1. The van der Waals surface area contributed by atoms with E-state index in [2.05, 4.69) is 32.0 Å². The molecule has 0 saturated carbocycles. The fourth-order valence-corrected chi connectivity index (χ4v) is 3.34. The monoisotopic (exact) mass is 347 g/mol. The van der Waals surface area contributed by atoms with Crippen LogP contribution >= 0.6 is 11.3 Å². The van der Waals surface area contributed by atoms with Gasteiger partial charge < -0.3 is 20.4 Å². The molecule has 0 bridgehead atoms. The number of rotatable bonds is 7. The molecule has 0 aliphatic rings. The summed E-state index contributed by atoms with van der Waals surface area (Å²) >= 11 is 1.70. The van der Waals surface area contributed by atoms with Gasteiger partial charge in [-0.15, -0.1) is 11.3 Å². The molecule has 24 heavy (non-hydrogen) atoms. The van der Waals surface area contributed by atoms with Gasteiger partial charge in [0, 0.05) is 43.8 Å². The molecule has 7 heteroatoms. The standard InChI is InChI=1S/C17H25N5OS/c1-21(2)14(15-8-6-10-24-15)12-20-17(23)19-11-13-7-5-9-18-16(13)22(3)4/h5-10,14H,11-12H2,1-4H3,(H2,19,20,23). The third-order valence-electron chi connectivity index (χ3n) is 3.68. The Hall–Kier alpha value is -2.12. The summed E-state index contributed by atoms with van der Waals surface area (Å²) in [6, 6.07) is 7.96. The van der Waals surface area contributed by atoms with Gasteiger partial charge in [0.15, 0.2) is 0 Å². The lowest BCUT2D eigenvalue weighted by Gasteiger charge is -2.23. The number of nitrogens with zero attached hydrogens (tertiary/aromatic N) is 3. The molecule has 0 aliphatic heterocycles. The van der Waals surface area contributed by atoms with Crippen molar-refractivity contribution in [2.45, 2.75) is 12.6 Å². The highest BCUT2D eigenvalue weighted by molar-refractivity contribution is 7.10. The van der Waals surface area contributed by atoms with Gasteiger partial charge in [0.2, 0.25) is 0 Å². The van der Waals surface area contributed by atoms with Crippen molar-refractivity contribution in [3.8, 4) is 0 Å². The van der Waals surface area contributed by atoms with Crippen LogP contribution in [0.3, 0.4) is 0 Å². The van der Waals surface area contributed by atoms with E-state index in [9.17, 15) is 4.79 Å². The summed E-state index contributed by atoms with van der Waals surface area (Å²) in [5.41, 5.74) is 0.986. The van der Waals surface area contributed by atoms with Gasteiger partial charge in [-0.3, -0.25) is 0 Å². The molecular formula is C17H25N5OS. The van der Waals surface area contributed by atoms with Gasteiger partial charge in [-0.05, 0) is 31.6 Å². The summed E-state index contributed by atoms with van der Waals surface area (Å²) in [6.45, 7) is 1.01. The van der Waals surface area contributed by atoms with E-state index in [1.54, 1.807) is 17.5 Å². The zero-order valence-corrected chi connectivity index (χ0v) is 15.4. The Morgan fingerprint density at radius 3 is 2.62 bits per heavy atom. The number of anilines is 1. The summed E-state index contributed by atoms with van der Waals surface area (Å²) in [5, 5.41) is 7.91. The first-order valence-corrected chi connectivity index (χ1v) is 8.69. The number of carbonyl (C=O) groups excluding carboxylic acids is 1. The lowest BCUT2D eigenvalue weighted by Crippen LogP contribution is -2.40. The molecule has 130 valence electrons. The number of hydrogen-bond acceptors (Lipinski definition) is 5. The van der Waals surface area contributed by atoms with Crippen molar-refractivity contribution >= 4 is 23.2 Å². The second-order valence-corrected chi connectivity index (χ2v) is 6.92. The van der Waals surface area contributed by atoms with E-state index in [1.165, 1.54) is 4.88 Å². The fraction of sp³-hybridized carbons (Fsp3) is 0.412. The highest BCUT2D eigenvalue weighted by Gasteiger charge is 2.16. The first kappa shape index (κ1) is 18.2. The third-order valence-corrected chi connectivity index (χ3v) is 4.65. The van der Waals surface area contributed by atoms with Gasteiger partial charge in [0.1, 0.15) is 5.82 Å². The fourth-order valence-electron chi connectivity index (χ4n) is 2.42. The van der Waals surface area contributed by atoms with E-state index in [1.807, 2.05) is 51.3 Å². The maximum atomic E-state index is 12.1. The third kappa shape index (κ3) is 4.94. The van der Waals surface area contributed by atoms with Gasteiger partial charge in [-0.25, -0.2) is 9.78 Å². The molecule has 2 N–H and O–H groups in total. The Kier molecular flexibility index (Phi) is 6.57. The van der Waals surface area contributed by atoms with Crippen molar-refractivity contribution in [1.82, 2.24) is 20.5 Å². The van der Waals surface area contributed by atoms with E-state index >= 15 is 0 Å². The maximum absolute atomic E-state index is 12.1. The van der Waals surface area contributed by atoms with Crippen LogP contribution in [0.2, 0.25) is 0 Å². The number of nitrogens with one attached hydrogen (secondary N) is 2. The molecule has 0 aliphatic carbocycles. The second-order valence-electron chi connectivity index (χ2n) is 5.94. The van der Waals surface area contributed by atoms with E-state index in [4.69, 9.17) is 0 Å². The Labute approximate surface area is 147 Å². The summed E-state index contributed by atoms with van der Waals surface area (Å²) in [4.78, 5) is 21.7. The molecule has 1 unspecified atom stereocenters. The topological polar surface area (TPSA) is 60.5 Å². The van der Waals surface area contributed by atoms with E-state index < -0.39 is 0 Å². The Morgan fingerprint density at radius 2 is 2.00 bits per heavy atom. The molecule has 0 aromatic carbocycles. The summed E-state index contributed by atoms with van der Waals surface area (Å²) in [5.74, 6) is 0.863. The molecule has 2 aromatic rings. The predicted octanol–water partition coefficient (Wildman–Crippen LogP) is 2.31. The van der Waals surface area contributed by atoms with Crippen LogP contribution < -0.4 is 15.5 Å². The molecule has 1 atom stereocenters. The van der Waals surface area contributed by atoms with Crippen LogP contribution in [0, 0.1) is 0 Å². The molecule has 0 spiro atoms. The molecule has 0 fully saturated rings. The summed E-state index contributed by atoms with van der Waals surface area (Å²) in [6.07, 6.45) is 1.75. The van der Waals surface area contributed by atoms with Crippen molar-refractivity contribution in [3.05, 3.63) is 46.3 Å². The van der Waals surface area contributed by atoms with Crippen LogP contribution in [0.1, 0.15) is 16.5 Å². The summed E-state index contributed by atoms with van der Waals surface area (Å²) < 4.78 is 0. The zero-order valence-electron chi connectivity index (χ0n) is 14.6. The van der Waals surface area contributed by atoms with Crippen LogP contribution in [0.5, 0.6) is 0 Å². The molecule has 2 amide bonds. The van der Waals surface area contributed by atoms with Crippen LogP contribution in [0.15, 0.2) is 35.8 Å². The van der Waals surface area contributed by atoms with Gasteiger partial charge in [0.25, 0.3) is 0 Å². The Morgan fingerprint density at radius 1 is 1.21 bits per heavy atom. The average molecular weight is 347 g/mol. The van der Waals surface area contributed by atoms with Crippen molar-refractivity contribution in [3.63, 3.8) is 0 Å². The lowest BCUT2D eigenvalue weighted by molar-refractivity contribution is 0.233. The minimum atomic E-state index is -0.174. The number of amides is 2. The number of hydrogen-bond donors (Lipinski definition) is 2. The average Bonchev–Trinajstić information content (AvgIpc) is 3.07. The molecule has 0 saturated heterocycles. The molecule has 0 radical (unpaired) electrons.